The summed E-state index contributed by atoms with van der Waals surface area (Å²) in [5.74, 6) is -0.311. The minimum absolute atomic E-state index is 0.323. The lowest BCUT2D eigenvalue weighted by Crippen LogP contribution is -2.49. The highest BCUT2D eigenvalue weighted by Crippen LogP contribution is 2.33. The molecule has 1 saturated carbocycles. The predicted molar refractivity (Wildman–Crippen MR) is 82.0 cm³/mol. The number of carboxylic acid groups (broad SMARTS) is 1. The van der Waals surface area contributed by atoms with E-state index in [0.29, 0.717) is 12.0 Å². The highest BCUT2D eigenvalue weighted by Gasteiger charge is 2.37. The van der Waals surface area contributed by atoms with Gasteiger partial charge in [-0.2, -0.15) is 0 Å². The largest absolute Gasteiger partial charge is 0.480 e. The number of carbonyl (C=O) groups is 1. The van der Waals surface area contributed by atoms with Gasteiger partial charge in [0.2, 0.25) is 0 Å². The van der Waals surface area contributed by atoms with Crippen molar-refractivity contribution in [3.05, 3.63) is 35.9 Å². The first-order valence-electron chi connectivity index (χ1n) is 7.97. The third kappa shape index (κ3) is 4.05. The first-order valence-corrected chi connectivity index (χ1v) is 7.97. The van der Waals surface area contributed by atoms with Gasteiger partial charge < -0.3 is 10.4 Å². The van der Waals surface area contributed by atoms with Crippen LogP contribution in [0.5, 0.6) is 0 Å². The molecule has 2 fully saturated rings. The minimum Gasteiger partial charge on any atom is -0.480 e. The van der Waals surface area contributed by atoms with Crippen LogP contribution in [0.25, 0.3) is 0 Å². The summed E-state index contributed by atoms with van der Waals surface area (Å²) in [5.41, 5.74) is 1.35. The van der Waals surface area contributed by atoms with Crippen LogP contribution in [0.3, 0.4) is 0 Å². The van der Waals surface area contributed by atoms with E-state index in [-0.39, 0.29) is 6.04 Å². The number of likely N-dealkylation sites (tertiary alicyclic amines) is 1. The Kier molecular flexibility index (Phi) is 4.56. The highest BCUT2D eigenvalue weighted by atomic mass is 16.4. The van der Waals surface area contributed by atoms with Crippen molar-refractivity contribution in [2.45, 2.75) is 44.3 Å². The summed E-state index contributed by atoms with van der Waals surface area (Å²) in [6.07, 6.45) is 4.22. The van der Waals surface area contributed by atoms with E-state index < -0.39 is 5.97 Å². The molecule has 4 nitrogen and oxygen atoms in total. The van der Waals surface area contributed by atoms with Gasteiger partial charge in [0.15, 0.2) is 0 Å². The summed E-state index contributed by atoms with van der Waals surface area (Å²) in [4.78, 5) is 13.7. The molecule has 1 aromatic rings. The molecule has 2 N–H and O–H groups in total. The zero-order valence-corrected chi connectivity index (χ0v) is 12.4. The van der Waals surface area contributed by atoms with Crippen LogP contribution in [0, 0.1) is 5.92 Å². The van der Waals surface area contributed by atoms with Crippen molar-refractivity contribution >= 4 is 5.97 Å². The zero-order valence-electron chi connectivity index (χ0n) is 12.4. The van der Waals surface area contributed by atoms with E-state index in [1.807, 2.05) is 6.07 Å². The molecule has 1 heterocycles. The standard InChI is InChI=1S/C17H24N2O2/c20-17(21)16(14-6-7-14)18-15-8-10-19(11-9-15)12-13-4-2-1-3-5-13/h1-5,14-16,18H,6-12H2,(H,20,21). The molecule has 0 radical (unpaired) electrons. The predicted octanol–water partition coefficient (Wildman–Crippen LogP) is 2.10. The Bertz CT molecular complexity index is 465. The summed E-state index contributed by atoms with van der Waals surface area (Å²) in [6, 6.07) is 10.6. The molecular formula is C17H24N2O2. The van der Waals surface area contributed by atoms with Crippen molar-refractivity contribution in [1.82, 2.24) is 10.2 Å². The number of hydrogen-bond acceptors (Lipinski definition) is 3. The van der Waals surface area contributed by atoms with Crippen LogP contribution in [0.2, 0.25) is 0 Å². The first-order chi connectivity index (χ1) is 10.2. The SMILES string of the molecule is O=C(O)C(NC1CCN(Cc2ccccc2)CC1)C1CC1. The Morgan fingerprint density at radius 3 is 2.43 bits per heavy atom. The molecule has 4 heteroatoms. The second-order valence-corrected chi connectivity index (χ2v) is 6.36. The summed E-state index contributed by atoms with van der Waals surface area (Å²) < 4.78 is 0. The van der Waals surface area contributed by atoms with Crippen LogP contribution in [-0.4, -0.2) is 41.1 Å². The van der Waals surface area contributed by atoms with E-state index >= 15 is 0 Å². The average molecular weight is 288 g/mol. The highest BCUT2D eigenvalue weighted by molar-refractivity contribution is 5.74. The van der Waals surface area contributed by atoms with Gasteiger partial charge >= 0.3 is 5.97 Å². The summed E-state index contributed by atoms with van der Waals surface area (Å²) >= 11 is 0. The molecule has 1 unspecified atom stereocenters. The molecule has 1 aliphatic carbocycles. The molecule has 0 amide bonds. The van der Waals surface area contributed by atoms with Gasteiger partial charge in [0.25, 0.3) is 0 Å². The first kappa shape index (κ1) is 14.5. The normalized spacial score (nSPS) is 22.1. The van der Waals surface area contributed by atoms with Crippen molar-refractivity contribution in [2.75, 3.05) is 13.1 Å². The van der Waals surface area contributed by atoms with Crippen molar-refractivity contribution in [3.8, 4) is 0 Å². The third-order valence-electron chi connectivity index (χ3n) is 4.61. The molecule has 1 aromatic carbocycles. The maximum absolute atomic E-state index is 11.3. The molecule has 21 heavy (non-hydrogen) atoms. The van der Waals surface area contributed by atoms with Crippen LogP contribution in [-0.2, 0) is 11.3 Å². The average Bonchev–Trinajstić information content (AvgIpc) is 3.32. The van der Waals surface area contributed by atoms with Crippen LogP contribution in [0.15, 0.2) is 30.3 Å². The molecule has 1 aliphatic heterocycles. The van der Waals surface area contributed by atoms with Crippen LogP contribution in [0.1, 0.15) is 31.2 Å². The molecule has 0 aromatic heterocycles. The Balaban J connectivity index is 1.45. The van der Waals surface area contributed by atoms with Gasteiger partial charge in [0.1, 0.15) is 6.04 Å². The molecular weight excluding hydrogens is 264 g/mol. The molecule has 1 atom stereocenters. The van der Waals surface area contributed by atoms with E-state index in [1.54, 1.807) is 0 Å². The minimum atomic E-state index is -0.677. The lowest BCUT2D eigenvalue weighted by atomic mass is 10.0. The number of aliphatic carboxylic acids is 1. The number of nitrogens with zero attached hydrogens (tertiary/aromatic N) is 1. The number of hydrogen-bond donors (Lipinski definition) is 2. The zero-order chi connectivity index (χ0) is 14.7. The van der Waals surface area contributed by atoms with E-state index in [0.717, 1.165) is 45.3 Å². The molecule has 2 aliphatic rings. The van der Waals surface area contributed by atoms with Crippen molar-refractivity contribution in [2.24, 2.45) is 5.92 Å². The van der Waals surface area contributed by atoms with Gasteiger partial charge in [-0.05, 0) is 50.3 Å². The Labute approximate surface area is 126 Å². The van der Waals surface area contributed by atoms with E-state index in [4.69, 9.17) is 0 Å². The number of nitrogens with one attached hydrogen (secondary N) is 1. The molecule has 1 saturated heterocycles. The third-order valence-corrected chi connectivity index (χ3v) is 4.61. The monoisotopic (exact) mass is 288 g/mol. The lowest BCUT2D eigenvalue weighted by Gasteiger charge is -2.34. The van der Waals surface area contributed by atoms with E-state index in [1.165, 1.54) is 5.56 Å². The molecule has 3 rings (SSSR count). The van der Waals surface area contributed by atoms with Crippen LogP contribution >= 0.6 is 0 Å². The van der Waals surface area contributed by atoms with Crippen molar-refractivity contribution < 1.29 is 9.90 Å². The Hall–Kier alpha value is -1.39. The second kappa shape index (κ2) is 6.58. The summed E-state index contributed by atoms with van der Waals surface area (Å²) in [5, 5.41) is 12.7. The van der Waals surface area contributed by atoms with Gasteiger partial charge in [-0.25, -0.2) is 0 Å². The number of benzene rings is 1. The van der Waals surface area contributed by atoms with Crippen molar-refractivity contribution in [3.63, 3.8) is 0 Å². The fraction of sp³-hybridized carbons (Fsp3) is 0.588. The van der Waals surface area contributed by atoms with E-state index in [2.05, 4.69) is 34.5 Å². The van der Waals surface area contributed by atoms with Gasteiger partial charge in [0.05, 0.1) is 0 Å². The molecule has 0 spiro atoms. The fourth-order valence-electron chi connectivity index (χ4n) is 3.19. The van der Waals surface area contributed by atoms with Crippen LogP contribution < -0.4 is 5.32 Å². The second-order valence-electron chi connectivity index (χ2n) is 6.36. The number of piperidine rings is 1. The quantitative estimate of drug-likeness (QED) is 0.842. The number of carboxylic acids is 1. The molecule has 0 bridgehead atoms. The lowest BCUT2D eigenvalue weighted by molar-refractivity contribution is -0.140. The molecule has 114 valence electrons. The Morgan fingerprint density at radius 1 is 1.19 bits per heavy atom. The Morgan fingerprint density at radius 2 is 1.86 bits per heavy atom. The van der Waals surface area contributed by atoms with Gasteiger partial charge in [0, 0.05) is 12.6 Å². The summed E-state index contributed by atoms with van der Waals surface area (Å²) in [6.45, 7) is 3.09. The van der Waals surface area contributed by atoms with Gasteiger partial charge in [-0.1, -0.05) is 30.3 Å². The smallest absolute Gasteiger partial charge is 0.320 e. The maximum atomic E-state index is 11.3. The summed E-state index contributed by atoms with van der Waals surface area (Å²) in [7, 11) is 0. The number of rotatable bonds is 6. The van der Waals surface area contributed by atoms with Gasteiger partial charge in [-0.3, -0.25) is 9.69 Å². The maximum Gasteiger partial charge on any atom is 0.320 e. The van der Waals surface area contributed by atoms with Crippen LogP contribution in [0.4, 0.5) is 0 Å². The fourth-order valence-corrected chi connectivity index (χ4v) is 3.19. The topological polar surface area (TPSA) is 52.6 Å². The van der Waals surface area contributed by atoms with Gasteiger partial charge in [-0.15, -0.1) is 0 Å². The van der Waals surface area contributed by atoms with Crippen molar-refractivity contribution in [1.29, 1.82) is 0 Å². The van der Waals surface area contributed by atoms with E-state index in [9.17, 15) is 9.90 Å².